The lowest BCUT2D eigenvalue weighted by Crippen LogP contribution is -2.22. The number of hydrogen-bond donors (Lipinski definition) is 2. The summed E-state index contributed by atoms with van der Waals surface area (Å²) in [6, 6.07) is 7.17. The van der Waals surface area contributed by atoms with Crippen LogP contribution in [-0.4, -0.2) is 12.5 Å². The first-order chi connectivity index (χ1) is 9.95. The Bertz CT molecular complexity index is 656. The van der Waals surface area contributed by atoms with E-state index in [0.29, 0.717) is 11.8 Å². The van der Waals surface area contributed by atoms with Gasteiger partial charge in [-0.05, 0) is 40.2 Å². The van der Waals surface area contributed by atoms with Crippen LogP contribution in [-0.2, 0) is 4.79 Å². The van der Waals surface area contributed by atoms with Crippen molar-refractivity contribution >= 4 is 33.2 Å². The highest BCUT2D eigenvalue weighted by atomic mass is 79.9. The summed E-state index contributed by atoms with van der Waals surface area (Å²) in [6.07, 6.45) is 0. The topological polar surface area (TPSA) is 41.1 Å². The molecule has 2 rings (SSSR count). The van der Waals surface area contributed by atoms with E-state index in [4.69, 9.17) is 0 Å². The molecule has 21 heavy (non-hydrogen) atoms. The molecule has 110 valence electrons. The number of hydrogen-bond acceptors (Lipinski definition) is 2. The molecule has 7 heteroatoms. The van der Waals surface area contributed by atoms with Crippen LogP contribution in [0.2, 0.25) is 0 Å². The Morgan fingerprint density at radius 1 is 1.10 bits per heavy atom. The van der Waals surface area contributed by atoms with Crippen molar-refractivity contribution in [1.82, 2.24) is 0 Å². The van der Waals surface area contributed by atoms with Gasteiger partial charge in [-0.25, -0.2) is 13.2 Å². The van der Waals surface area contributed by atoms with Gasteiger partial charge in [0.2, 0.25) is 5.91 Å². The standard InChI is InChI=1S/C14H10BrF3N2O/c15-11-5-9(17)6-12(18)14(11)19-7-13(21)20-10-3-1-2-8(16)4-10/h1-6,19H,7H2,(H,20,21). The molecule has 2 aromatic carbocycles. The summed E-state index contributed by atoms with van der Waals surface area (Å²) in [5.74, 6) is -2.51. The summed E-state index contributed by atoms with van der Waals surface area (Å²) in [6.45, 7) is -0.252. The van der Waals surface area contributed by atoms with E-state index in [9.17, 15) is 18.0 Å². The molecule has 2 aromatic rings. The van der Waals surface area contributed by atoms with Crippen molar-refractivity contribution in [3.63, 3.8) is 0 Å². The molecule has 0 saturated carbocycles. The normalized spacial score (nSPS) is 10.3. The van der Waals surface area contributed by atoms with Crippen molar-refractivity contribution in [2.45, 2.75) is 0 Å². The molecule has 0 bridgehead atoms. The number of anilines is 2. The lowest BCUT2D eigenvalue weighted by atomic mass is 10.3. The van der Waals surface area contributed by atoms with Gasteiger partial charge in [-0.15, -0.1) is 0 Å². The Kier molecular flexibility index (Phi) is 4.85. The van der Waals surface area contributed by atoms with E-state index >= 15 is 0 Å². The quantitative estimate of drug-likeness (QED) is 0.869. The van der Waals surface area contributed by atoms with Crippen molar-refractivity contribution < 1.29 is 18.0 Å². The molecule has 0 aliphatic rings. The molecule has 0 unspecified atom stereocenters. The fourth-order valence-corrected chi connectivity index (χ4v) is 2.20. The maximum atomic E-state index is 13.5. The fourth-order valence-electron chi connectivity index (χ4n) is 1.65. The van der Waals surface area contributed by atoms with Crippen molar-refractivity contribution in [3.05, 3.63) is 58.3 Å². The molecule has 0 fully saturated rings. The van der Waals surface area contributed by atoms with Crippen LogP contribution in [0.25, 0.3) is 0 Å². The van der Waals surface area contributed by atoms with Gasteiger partial charge in [-0.2, -0.15) is 0 Å². The first-order valence-corrected chi connectivity index (χ1v) is 6.69. The minimum absolute atomic E-state index is 0.0224. The number of halogens is 4. The summed E-state index contributed by atoms with van der Waals surface area (Å²) in [5.41, 5.74) is 0.270. The van der Waals surface area contributed by atoms with Gasteiger partial charge in [0.25, 0.3) is 0 Å². The predicted octanol–water partition coefficient (Wildman–Crippen LogP) is 3.92. The van der Waals surface area contributed by atoms with Gasteiger partial charge in [0.15, 0.2) is 0 Å². The van der Waals surface area contributed by atoms with Gasteiger partial charge in [-0.1, -0.05) is 6.07 Å². The summed E-state index contributed by atoms with van der Waals surface area (Å²) in [4.78, 5) is 11.7. The third-order valence-corrected chi connectivity index (χ3v) is 3.17. The Morgan fingerprint density at radius 2 is 1.86 bits per heavy atom. The molecular weight excluding hydrogens is 349 g/mol. The maximum absolute atomic E-state index is 13.5. The molecule has 3 nitrogen and oxygen atoms in total. The van der Waals surface area contributed by atoms with Crippen molar-refractivity contribution in [2.24, 2.45) is 0 Å². The second-order valence-corrected chi connectivity index (χ2v) is 5.01. The molecule has 0 aromatic heterocycles. The highest BCUT2D eigenvalue weighted by Crippen LogP contribution is 2.26. The maximum Gasteiger partial charge on any atom is 0.243 e. The Hall–Kier alpha value is -2.02. The predicted molar refractivity (Wildman–Crippen MR) is 77.6 cm³/mol. The van der Waals surface area contributed by atoms with Gasteiger partial charge in [-0.3, -0.25) is 4.79 Å². The average molecular weight is 359 g/mol. The third-order valence-electron chi connectivity index (χ3n) is 2.54. The second kappa shape index (κ2) is 6.62. The molecule has 1 amide bonds. The van der Waals surface area contributed by atoms with E-state index in [1.807, 2.05) is 0 Å². The monoisotopic (exact) mass is 358 g/mol. The second-order valence-electron chi connectivity index (χ2n) is 4.16. The molecular formula is C14H10BrF3N2O. The van der Waals surface area contributed by atoms with Crippen molar-refractivity contribution in [1.29, 1.82) is 0 Å². The number of benzene rings is 2. The first-order valence-electron chi connectivity index (χ1n) is 5.89. The minimum atomic E-state index is -0.819. The van der Waals surface area contributed by atoms with Crippen LogP contribution in [0, 0.1) is 17.5 Å². The van der Waals surface area contributed by atoms with Gasteiger partial charge < -0.3 is 10.6 Å². The Labute approximate surface area is 127 Å². The lowest BCUT2D eigenvalue weighted by molar-refractivity contribution is -0.114. The molecule has 0 radical (unpaired) electrons. The first kappa shape index (κ1) is 15.4. The number of amides is 1. The Balaban J connectivity index is 1.99. The highest BCUT2D eigenvalue weighted by Gasteiger charge is 2.11. The highest BCUT2D eigenvalue weighted by molar-refractivity contribution is 9.10. The summed E-state index contributed by atoms with van der Waals surface area (Å²) < 4.78 is 39.6. The van der Waals surface area contributed by atoms with Crippen molar-refractivity contribution in [3.8, 4) is 0 Å². The van der Waals surface area contributed by atoms with Crippen LogP contribution in [0.3, 0.4) is 0 Å². The molecule has 0 atom stereocenters. The zero-order chi connectivity index (χ0) is 15.4. The average Bonchev–Trinajstić information content (AvgIpc) is 2.37. The largest absolute Gasteiger partial charge is 0.373 e. The third kappa shape index (κ3) is 4.22. The molecule has 0 spiro atoms. The van der Waals surface area contributed by atoms with E-state index in [0.717, 1.165) is 12.1 Å². The van der Waals surface area contributed by atoms with E-state index in [-0.39, 0.29) is 16.7 Å². The smallest absolute Gasteiger partial charge is 0.243 e. The molecule has 0 saturated heterocycles. The molecule has 0 heterocycles. The zero-order valence-electron chi connectivity index (χ0n) is 10.6. The van der Waals surface area contributed by atoms with Crippen LogP contribution >= 0.6 is 15.9 Å². The van der Waals surface area contributed by atoms with Crippen molar-refractivity contribution in [2.75, 3.05) is 17.2 Å². The van der Waals surface area contributed by atoms with E-state index in [1.165, 1.54) is 18.2 Å². The SMILES string of the molecule is O=C(CNc1c(F)cc(F)cc1Br)Nc1cccc(F)c1. The lowest BCUT2D eigenvalue weighted by Gasteiger charge is -2.10. The van der Waals surface area contributed by atoms with E-state index in [2.05, 4.69) is 26.6 Å². The summed E-state index contributed by atoms with van der Waals surface area (Å²) >= 11 is 3.00. The van der Waals surface area contributed by atoms with Crippen LogP contribution in [0.4, 0.5) is 24.5 Å². The number of rotatable bonds is 4. The minimum Gasteiger partial charge on any atom is -0.373 e. The fraction of sp³-hybridized carbons (Fsp3) is 0.0714. The van der Waals surface area contributed by atoms with Crippen LogP contribution in [0.15, 0.2) is 40.9 Å². The number of nitrogens with one attached hydrogen (secondary N) is 2. The molecule has 0 aliphatic carbocycles. The summed E-state index contributed by atoms with van der Waals surface area (Å²) in [5, 5.41) is 5.00. The van der Waals surface area contributed by atoms with Gasteiger partial charge in [0.1, 0.15) is 17.5 Å². The van der Waals surface area contributed by atoms with Gasteiger partial charge in [0.05, 0.1) is 12.2 Å². The number of carbonyl (C=O) groups is 1. The van der Waals surface area contributed by atoms with E-state index in [1.54, 1.807) is 0 Å². The molecule has 2 N–H and O–H groups in total. The van der Waals surface area contributed by atoms with Crippen LogP contribution < -0.4 is 10.6 Å². The summed E-state index contributed by atoms with van der Waals surface area (Å²) in [7, 11) is 0. The van der Waals surface area contributed by atoms with Gasteiger partial charge in [0, 0.05) is 16.2 Å². The zero-order valence-corrected chi connectivity index (χ0v) is 12.2. The van der Waals surface area contributed by atoms with E-state index < -0.39 is 23.4 Å². The van der Waals surface area contributed by atoms with Crippen LogP contribution in [0.5, 0.6) is 0 Å². The number of carbonyl (C=O) groups excluding carboxylic acids is 1. The Morgan fingerprint density at radius 3 is 2.52 bits per heavy atom. The van der Waals surface area contributed by atoms with Crippen LogP contribution in [0.1, 0.15) is 0 Å². The van der Waals surface area contributed by atoms with Gasteiger partial charge >= 0.3 is 0 Å². The molecule has 0 aliphatic heterocycles.